The van der Waals surface area contributed by atoms with E-state index in [1.807, 2.05) is 18.2 Å². The molecule has 0 saturated heterocycles. The molecule has 0 bridgehead atoms. The van der Waals surface area contributed by atoms with E-state index >= 15 is 0 Å². The molecular formula is C15H24N2O3. The highest BCUT2D eigenvalue weighted by Gasteiger charge is 2.07. The van der Waals surface area contributed by atoms with Crippen LogP contribution in [0.5, 0.6) is 11.5 Å². The lowest BCUT2D eigenvalue weighted by Gasteiger charge is -2.14. The maximum atomic E-state index is 10.7. The lowest BCUT2D eigenvalue weighted by Crippen LogP contribution is -2.20. The summed E-state index contributed by atoms with van der Waals surface area (Å²) in [7, 11) is 1.61. The predicted molar refractivity (Wildman–Crippen MR) is 78.8 cm³/mol. The number of methoxy groups -OCH3 is 1. The number of nitrogens with one attached hydrogen (secondary N) is 1. The second kappa shape index (κ2) is 8.43. The standard InChI is InChI=1S/C15H24N2O3/c1-11(2)9-17-10-12-4-5-13(19-3)8-14(12)20-7-6-15(16)18/h4-5,8,11,17H,6-7,9-10H2,1-3H3,(H2,16,18). The smallest absolute Gasteiger partial charge is 0.220 e. The third-order valence-electron chi connectivity index (χ3n) is 2.75. The molecule has 1 rings (SSSR count). The third kappa shape index (κ3) is 5.93. The van der Waals surface area contributed by atoms with E-state index in [1.54, 1.807) is 7.11 Å². The van der Waals surface area contributed by atoms with Crippen molar-refractivity contribution in [2.75, 3.05) is 20.3 Å². The molecule has 112 valence electrons. The summed E-state index contributed by atoms with van der Waals surface area (Å²) >= 11 is 0. The van der Waals surface area contributed by atoms with Gasteiger partial charge in [-0.1, -0.05) is 19.9 Å². The predicted octanol–water partition coefficient (Wildman–Crippen LogP) is 1.69. The fourth-order valence-corrected chi connectivity index (χ4v) is 1.70. The van der Waals surface area contributed by atoms with Gasteiger partial charge in [-0.3, -0.25) is 4.79 Å². The Kier molecular flexibility index (Phi) is 6.87. The first kappa shape index (κ1) is 16.3. The molecule has 0 unspecified atom stereocenters. The zero-order valence-corrected chi connectivity index (χ0v) is 12.4. The highest BCUT2D eigenvalue weighted by atomic mass is 16.5. The monoisotopic (exact) mass is 280 g/mol. The van der Waals surface area contributed by atoms with E-state index in [0.29, 0.717) is 12.5 Å². The first-order chi connectivity index (χ1) is 9.52. The number of primary amides is 1. The molecule has 1 aromatic rings. The summed E-state index contributed by atoms with van der Waals surface area (Å²) in [5.74, 6) is 1.67. The molecule has 0 heterocycles. The summed E-state index contributed by atoms with van der Waals surface area (Å²) in [6.45, 7) is 6.25. The Hall–Kier alpha value is -1.75. The van der Waals surface area contributed by atoms with Crippen molar-refractivity contribution < 1.29 is 14.3 Å². The fraction of sp³-hybridized carbons (Fsp3) is 0.533. The van der Waals surface area contributed by atoms with Gasteiger partial charge in [-0.2, -0.15) is 0 Å². The number of hydrogen-bond donors (Lipinski definition) is 2. The van der Waals surface area contributed by atoms with E-state index in [-0.39, 0.29) is 18.9 Å². The van der Waals surface area contributed by atoms with E-state index in [0.717, 1.165) is 23.6 Å². The average molecular weight is 280 g/mol. The van der Waals surface area contributed by atoms with E-state index in [4.69, 9.17) is 15.2 Å². The van der Waals surface area contributed by atoms with Gasteiger partial charge >= 0.3 is 0 Å². The van der Waals surface area contributed by atoms with E-state index in [1.165, 1.54) is 0 Å². The van der Waals surface area contributed by atoms with Crippen LogP contribution in [0.15, 0.2) is 18.2 Å². The van der Waals surface area contributed by atoms with Crippen LogP contribution in [0.2, 0.25) is 0 Å². The first-order valence-electron chi connectivity index (χ1n) is 6.81. The lowest BCUT2D eigenvalue weighted by molar-refractivity contribution is -0.118. The maximum absolute atomic E-state index is 10.7. The molecule has 0 aliphatic carbocycles. The number of nitrogens with two attached hydrogens (primary N) is 1. The summed E-state index contributed by atoms with van der Waals surface area (Å²) in [6, 6.07) is 5.69. The van der Waals surface area contributed by atoms with E-state index < -0.39 is 0 Å². The Balaban J connectivity index is 2.67. The minimum absolute atomic E-state index is 0.204. The number of benzene rings is 1. The SMILES string of the molecule is COc1ccc(CNCC(C)C)c(OCCC(N)=O)c1. The number of rotatable bonds is 9. The molecule has 0 spiro atoms. The van der Waals surface area contributed by atoms with Gasteiger partial charge in [0.15, 0.2) is 0 Å². The van der Waals surface area contributed by atoms with Gasteiger partial charge in [-0.25, -0.2) is 0 Å². The summed E-state index contributed by atoms with van der Waals surface area (Å²) in [4.78, 5) is 10.7. The molecule has 0 saturated carbocycles. The Labute approximate surface area is 120 Å². The van der Waals surface area contributed by atoms with Gasteiger partial charge in [-0.05, 0) is 18.5 Å². The van der Waals surface area contributed by atoms with Crippen LogP contribution in [-0.2, 0) is 11.3 Å². The summed E-state index contributed by atoms with van der Waals surface area (Å²) in [6.07, 6.45) is 0.204. The van der Waals surface area contributed by atoms with Crippen LogP contribution < -0.4 is 20.5 Å². The van der Waals surface area contributed by atoms with E-state index in [2.05, 4.69) is 19.2 Å². The van der Waals surface area contributed by atoms with Crippen molar-refractivity contribution in [3.05, 3.63) is 23.8 Å². The highest BCUT2D eigenvalue weighted by Crippen LogP contribution is 2.25. The van der Waals surface area contributed by atoms with Gasteiger partial charge in [0, 0.05) is 18.2 Å². The van der Waals surface area contributed by atoms with Crippen molar-refractivity contribution in [3.8, 4) is 11.5 Å². The second-order valence-corrected chi connectivity index (χ2v) is 5.06. The van der Waals surface area contributed by atoms with Gasteiger partial charge in [0.25, 0.3) is 0 Å². The van der Waals surface area contributed by atoms with Crippen molar-refractivity contribution in [1.82, 2.24) is 5.32 Å². The minimum Gasteiger partial charge on any atom is -0.497 e. The molecule has 0 aromatic heterocycles. The van der Waals surface area contributed by atoms with Crippen molar-refractivity contribution in [2.45, 2.75) is 26.8 Å². The topological polar surface area (TPSA) is 73.6 Å². The molecule has 5 heteroatoms. The Morgan fingerprint density at radius 3 is 2.75 bits per heavy atom. The van der Waals surface area contributed by atoms with Crippen LogP contribution in [0.1, 0.15) is 25.8 Å². The number of carbonyl (C=O) groups is 1. The van der Waals surface area contributed by atoms with E-state index in [9.17, 15) is 4.79 Å². The molecule has 20 heavy (non-hydrogen) atoms. The molecule has 3 N–H and O–H groups in total. The zero-order chi connectivity index (χ0) is 15.0. The Bertz CT molecular complexity index is 433. The van der Waals surface area contributed by atoms with Gasteiger partial charge in [-0.15, -0.1) is 0 Å². The van der Waals surface area contributed by atoms with Gasteiger partial charge in [0.2, 0.25) is 5.91 Å². The Morgan fingerprint density at radius 2 is 2.15 bits per heavy atom. The van der Waals surface area contributed by atoms with Crippen molar-refractivity contribution in [2.24, 2.45) is 11.7 Å². The maximum Gasteiger partial charge on any atom is 0.220 e. The lowest BCUT2D eigenvalue weighted by atomic mass is 10.1. The van der Waals surface area contributed by atoms with Crippen LogP contribution in [0, 0.1) is 5.92 Å². The van der Waals surface area contributed by atoms with Crippen LogP contribution in [0.4, 0.5) is 0 Å². The Morgan fingerprint density at radius 1 is 1.40 bits per heavy atom. The largest absolute Gasteiger partial charge is 0.497 e. The minimum atomic E-state index is -0.368. The molecule has 1 aromatic carbocycles. The zero-order valence-electron chi connectivity index (χ0n) is 12.4. The molecule has 0 radical (unpaired) electrons. The summed E-state index contributed by atoms with van der Waals surface area (Å²) < 4.78 is 10.8. The van der Waals surface area contributed by atoms with Gasteiger partial charge in [0.05, 0.1) is 20.1 Å². The molecule has 0 atom stereocenters. The quantitative estimate of drug-likeness (QED) is 0.722. The fourth-order valence-electron chi connectivity index (χ4n) is 1.70. The van der Waals surface area contributed by atoms with Crippen LogP contribution in [0.3, 0.4) is 0 Å². The molecule has 5 nitrogen and oxygen atoms in total. The van der Waals surface area contributed by atoms with Gasteiger partial charge < -0.3 is 20.5 Å². The molecule has 0 aliphatic heterocycles. The summed E-state index contributed by atoms with van der Waals surface area (Å²) in [5, 5.41) is 3.37. The molecule has 1 amide bonds. The molecule has 0 aliphatic rings. The third-order valence-corrected chi connectivity index (χ3v) is 2.75. The normalized spacial score (nSPS) is 10.6. The number of amides is 1. The molecular weight excluding hydrogens is 256 g/mol. The van der Waals surface area contributed by atoms with Crippen molar-refractivity contribution in [3.63, 3.8) is 0 Å². The van der Waals surface area contributed by atoms with Crippen molar-refractivity contribution in [1.29, 1.82) is 0 Å². The second-order valence-electron chi connectivity index (χ2n) is 5.06. The van der Waals surface area contributed by atoms with Crippen molar-refractivity contribution >= 4 is 5.91 Å². The average Bonchev–Trinajstić information content (AvgIpc) is 2.39. The molecule has 0 fully saturated rings. The first-order valence-corrected chi connectivity index (χ1v) is 6.81. The summed E-state index contributed by atoms with van der Waals surface area (Å²) in [5.41, 5.74) is 6.15. The van der Waals surface area contributed by atoms with Gasteiger partial charge in [0.1, 0.15) is 11.5 Å². The van der Waals surface area contributed by atoms with Crippen LogP contribution in [-0.4, -0.2) is 26.2 Å². The van der Waals surface area contributed by atoms with Crippen LogP contribution in [0.25, 0.3) is 0 Å². The number of hydrogen-bond acceptors (Lipinski definition) is 4. The number of carbonyl (C=O) groups excluding carboxylic acids is 1. The number of ether oxygens (including phenoxy) is 2. The highest BCUT2D eigenvalue weighted by molar-refractivity contribution is 5.73. The van der Waals surface area contributed by atoms with Crippen LogP contribution >= 0.6 is 0 Å².